The van der Waals surface area contributed by atoms with Crippen LogP contribution in [0.1, 0.15) is 17.3 Å². The average molecular weight is 241 g/mol. The minimum Gasteiger partial charge on any atom is -0.339 e. The SMILES string of the molecule is CC(=O)c1ccc(F)cc1SC(=O)N(C)C. The summed E-state index contributed by atoms with van der Waals surface area (Å²) in [5.74, 6) is -0.645. The van der Waals surface area contributed by atoms with Gasteiger partial charge in [0.15, 0.2) is 5.78 Å². The summed E-state index contributed by atoms with van der Waals surface area (Å²) in [5, 5.41) is -0.242. The van der Waals surface area contributed by atoms with Crippen molar-refractivity contribution in [1.29, 1.82) is 0 Å². The van der Waals surface area contributed by atoms with Crippen LogP contribution in [0, 0.1) is 5.82 Å². The van der Waals surface area contributed by atoms with E-state index in [2.05, 4.69) is 0 Å². The van der Waals surface area contributed by atoms with Crippen molar-refractivity contribution in [3.8, 4) is 0 Å². The third-order valence-corrected chi connectivity index (χ3v) is 2.98. The molecule has 0 aliphatic heterocycles. The van der Waals surface area contributed by atoms with Crippen LogP contribution in [-0.2, 0) is 0 Å². The van der Waals surface area contributed by atoms with E-state index in [0.717, 1.165) is 11.8 Å². The Balaban J connectivity index is 3.06. The van der Waals surface area contributed by atoms with E-state index < -0.39 is 5.82 Å². The Hall–Kier alpha value is -1.36. The van der Waals surface area contributed by atoms with E-state index in [0.29, 0.717) is 10.5 Å². The maximum Gasteiger partial charge on any atom is 0.285 e. The van der Waals surface area contributed by atoms with Gasteiger partial charge in [-0.2, -0.15) is 0 Å². The number of halogens is 1. The topological polar surface area (TPSA) is 37.4 Å². The molecule has 0 heterocycles. The molecule has 0 spiro atoms. The van der Waals surface area contributed by atoms with Crippen LogP contribution in [0.3, 0.4) is 0 Å². The Morgan fingerprint density at radius 2 is 1.94 bits per heavy atom. The number of hydrogen-bond donors (Lipinski definition) is 0. The highest BCUT2D eigenvalue weighted by molar-refractivity contribution is 8.13. The van der Waals surface area contributed by atoms with Crippen LogP contribution in [-0.4, -0.2) is 30.0 Å². The smallest absolute Gasteiger partial charge is 0.285 e. The molecule has 1 aromatic carbocycles. The third kappa shape index (κ3) is 3.06. The number of amides is 1. The predicted octanol–water partition coefficient (Wildman–Crippen LogP) is 2.80. The van der Waals surface area contributed by atoms with Gasteiger partial charge in [-0.05, 0) is 36.9 Å². The van der Waals surface area contributed by atoms with Crippen molar-refractivity contribution in [2.45, 2.75) is 11.8 Å². The molecular weight excluding hydrogens is 229 g/mol. The molecule has 1 aromatic rings. The Labute approximate surface area is 97.6 Å². The van der Waals surface area contributed by atoms with Crippen molar-refractivity contribution in [1.82, 2.24) is 4.90 Å². The van der Waals surface area contributed by atoms with Crippen LogP contribution >= 0.6 is 11.8 Å². The van der Waals surface area contributed by atoms with Crippen LogP contribution in [0.5, 0.6) is 0 Å². The Bertz CT molecular complexity index is 432. The molecule has 1 amide bonds. The van der Waals surface area contributed by atoms with E-state index in [1.54, 1.807) is 14.1 Å². The van der Waals surface area contributed by atoms with Gasteiger partial charge in [0.1, 0.15) is 5.82 Å². The van der Waals surface area contributed by atoms with Crippen LogP contribution in [0.15, 0.2) is 23.1 Å². The van der Waals surface area contributed by atoms with E-state index in [9.17, 15) is 14.0 Å². The van der Waals surface area contributed by atoms with Crippen LogP contribution in [0.2, 0.25) is 0 Å². The van der Waals surface area contributed by atoms with Crippen molar-refractivity contribution >= 4 is 22.8 Å². The summed E-state index contributed by atoms with van der Waals surface area (Å²) in [6.45, 7) is 1.39. The fraction of sp³-hybridized carbons (Fsp3) is 0.273. The second-order valence-electron chi connectivity index (χ2n) is 3.46. The molecule has 5 heteroatoms. The highest BCUT2D eigenvalue weighted by Crippen LogP contribution is 2.26. The van der Waals surface area contributed by atoms with Gasteiger partial charge in [0, 0.05) is 24.6 Å². The monoisotopic (exact) mass is 241 g/mol. The number of hydrogen-bond acceptors (Lipinski definition) is 3. The molecule has 3 nitrogen and oxygen atoms in total. The van der Waals surface area contributed by atoms with Gasteiger partial charge in [-0.15, -0.1) is 0 Å². The molecule has 0 aliphatic rings. The van der Waals surface area contributed by atoms with Crippen molar-refractivity contribution in [3.63, 3.8) is 0 Å². The summed E-state index contributed by atoms with van der Waals surface area (Å²) < 4.78 is 13.0. The maximum absolute atomic E-state index is 13.0. The number of Topliss-reactive ketones (excluding diaryl/α,β-unsaturated/α-hetero) is 1. The van der Waals surface area contributed by atoms with Crippen molar-refractivity contribution in [2.24, 2.45) is 0 Å². The number of thioether (sulfide) groups is 1. The molecule has 0 saturated heterocycles. The van der Waals surface area contributed by atoms with Crippen molar-refractivity contribution < 1.29 is 14.0 Å². The molecule has 16 heavy (non-hydrogen) atoms. The average Bonchev–Trinajstić information content (AvgIpc) is 2.16. The first kappa shape index (κ1) is 12.7. The van der Waals surface area contributed by atoms with Gasteiger partial charge in [0.25, 0.3) is 5.24 Å². The second kappa shape index (κ2) is 5.12. The standard InChI is InChI=1S/C11H12FNO2S/c1-7(14)9-5-4-8(12)6-10(9)16-11(15)13(2)3/h4-6H,1-3H3. The Kier molecular flexibility index (Phi) is 4.06. The maximum atomic E-state index is 13.0. The van der Waals surface area contributed by atoms with Gasteiger partial charge in [-0.3, -0.25) is 9.59 Å². The number of carbonyl (C=O) groups excluding carboxylic acids is 2. The molecule has 1 rings (SSSR count). The lowest BCUT2D eigenvalue weighted by molar-refractivity contribution is 0.101. The number of ketones is 1. The lowest BCUT2D eigenvalue weighted by Gasteiger charge is -2.11. The minimum atomic E-state index is -0.459. The first-order valence-corrected chi connectivity index (χ1v) is 5.43. The van der Waals surface area contributed by atoms with E-state index in [1.807, 2.05) is 0 Å². The zero-order chi connectivity index (χ0) is 12.3. The minimum absolute atomic E-state index is 0.186. The molecule has 86 valence electrons. The van der Waals surface area contributed by atoms with Crippen LogP contribution in [0.4, 0.5) is 9.18 Å². The summed E-state index contributed by atoms with van der Waals surface area (Å²) in [5.41, 5.74) is 0.363. The zero-order valence-corrected chi connectivity index (χ0v) is 10.1. The normalized spacial score (nSPS) is 10.0. The number of carbonyl (C=O) groups is 2. The van der Waals surface area contributed by atoms with Gasteiger partial charge in [-0.25, -0.2) is 4.39 Å². The fourth-order valence-corrected chi connectivity index (χ4v) is 1.92. The van der Waals surface area contributed by atoms with Crippen molar-refractivity contribution in [2.75, 3.05) is 14.1 Å². The van der Waals surface area contributed by atoms with Gasteiger partial charge < -0.3 is 4.90 Å². The molecule has 0 atom stereocenters. The molecule has 0 aromatic heterocycles. The first-order valence-electron chi connectivity index (χ1n) is 4.61. The lowest BCUT2D eigenvalue weighted by atomic mass is 10.1. The molecule has 0 unspecified atom stereocenters. The summed E-state index contributed by atoms with van der Waals surface area (Å²) in [4.78, 5) is 24.4. The van der Waals surface area contributed by atoms with Gasteiger partial charge >= 0.3 is 0 Å². The van der Waals surface area contributed by atoms with Crippen LogP contribution in [0.25, 0.3) is 0 Å². The molecule has 0 bridgehead atoms. The van der Waals surface area contributed by atoms with E-state index in [4.69, 9.17) is 0 Å². The molecule has 0 aliphatic carbocycles. The number of rotatable bonds is 2. The second-order valence-corrected chi connectivity index (χ2v) is 4.45. The molecule has 0 fully saturated rings. The third-order valence-electron chi connectivity index (χ3n) is 1.89. The van der Waals surface area contributed by atoms with E-state index in [-0.39, 0.29) is 11.0 Å². The number of nitrogens with zero attached hydrogens (tertiary/aromatic N) is 1. The van der Waals surface area contributed by atoms with E-state index >= 15 is 0 Å². The summed E-state index contributed by atoms with van der Waals surface area (Å²) in [6, 6.07) is 3.80. The first-order chi connectivity index (χ1) is 7.41. The van der Waals surface area contributed by atoms with Gasteiger partial charge in [0.05, 0.1) is 0 Å². The number of benzene rings is 1. The highest BCUT2D eigenvalue weighted by Gasteiger charge is 2.14. The largest absolute Gasteiger partial charge is 0.339 e. The molecule has 0 N–H and O–H groups in total. The van der Waals surface area contributed by atoms with E-state index in [1.165, 1.54) is 30.0 Å². The van der Waals surface area contributed by atoms with Gasteiger partial charge in [-0.1, -0.05) is 0 Å². The van der Waals surface area contributed by atoms with Crippen molar-refractivity contribution in [3.05, 3.63) is 29.6 Å². The molecule has 0 radical (unpaired) electrons. The summed E-state index contributed by atoms with van der Waals surface area (Å²) >= 11 is 0.847. The summed E-state index contributed by atoms with van der Waals surface area (Å²) in [6.07, 6.45) is 0. The Morgan fingerprint density at radius 3 is 2.44 bits per heavy atom. The van der Waals surface area contributed by atoms with Crippen LogP contribution < -0.4 is 0 Å². The zero-order valence-electron chi connectivity index (χ0n) is 9.28. The molecular formula is C11H12FNO2S. The quantitative estimate of drug-likeness (QED) is 0.590. The lowest BCUT2D eigenvalue weighted by Crippen LogP contribution is -2.16. The Morgan fingerprint density at radius 1 is 1.31 bits per heavy atom. The summed E-state index contributed by atoms with van der Waals surface area (Å²) in [7, 11) is 3.20. The highest BCUT2D eigenvalue weighted by atomic mass is 32.2. The predicted molar refractivity (Wildman–Crippen MR) is 61.3 cm³/mol. The fourth-order valence-electron chi connectivity index (χ4n) is 1.06. The van der Waals surface area contributed by atoms with Gasteiger partial charge in [0.2, 0.25) is 0 Å². The molecule has 0 saturated carbocycles.